The highest BCUT2D eigenvalue weighted by molar-refractivity contribution is 7.21. The SMILES string of the molecule is CC(C)NC(=O)c1sc2ccccc2c1C1CCC(CNCc2ccnn2C)CC1. The summed E-state index contributed by atoms with van der Waals surface area (Å²) in [7, 11) is 1.99. The third-order valence-electron chi connectivity index (χ3n) is 6.18. The summed E-state index contributed by atoms with van der Waals surface area (Å²) in [4.78, 5) is 13.8. The Kier molecular flexibility index (Phi) is 6.54. The zero-order valence-electron chi connectivity index (χ0n) is 18.1. The number of fused-ring (bicyclic) bond motifs is 1. The molecule has 1 aliphatic carbocycles. The predicted molar refractivity (Wildman–Crippen MR) is 124 cm³/mol. The summed E-state index contributed by atoms with van der Waals surface area (Å²) in [6.07, 6.45) is 6.57. The maximum absolute atomic E-state index is 12.9. The molecule has 6 heteroatoms. The molecule has 2 N–H and O–H groups in total. The second-order valence-corrected chi connectivity index (χ2v) is 9.82. The summed E-state index contributed by atoms with van der Waals surface area (Å²) in [6, 6.07) is 10.7. The molecule has 0 aliphatic heterocycles. The molecule has 1 fully saturated rings. The molecule has 1 amide bonds. The summed E-state index contributed by atoms with van der Waals surface area (Å²) in [5.74, 6) is 1.26. The number of rotatable bonds is 7. The Morgan fingerprint density at radius 1 is 1.20 bits per heavy atom. The fourth-order valence-electron chi connectivity index (χ4n) is 4.60. The number of thiophene rings is 1. The third kappa shape index (κ3) is 4.60. The van der Waals surface area contributed by atoms with Crippen LogP contribution in [-0.4, -0.2) is 28.3 Å². The van der Waals surface area contributed by atoms with E-state index >= 15 is 0 Å². The normalized spacial score (nSPS) is 19.5. The van der Waals surface area contributed by atoms with Crippen LogP contribution in [0, 0.1) is 5.92 Å². The molecule has 2 aromatic heterocycles. The van der Waals surface area contributed by atoms with Crippen LogP contribution in [0.3, 0.4) is 0 Å². The highest BCUT2D eigenvalue weighted by atomic mass is 32.1. The lowest BCUT2D eigenvalue weighted by Gasteiger charge is -2.29. The number of amides is 1. The van der Waals surface area contributed by atoms with Gasteiger partial charge in [-0.3, -0.25) is 9.48 Å². The van der Waals surface area contributed by atoms with Crippen LogP contribution in [0.4, 0.5) is 0 Å². The third-order valence-corrected chi connectivity index (χ3v) is 7.36. The van der Waals surface area contributed by atoms with Crippen molar-refractivity contribution in [3.63, 3.8) is 0 Å². The fraction of sp³-hybridized carbons (Fsp3) is 0.500. The van der Waals surface area contributed by atoms with E-state index in [-0.39, 0.29) is 11.9 Å². The Balaban J connectivity index is 1.42. The molecule has 1 aliphatic rings. The summed E-state index contributed by atoms with van der Waals surface area (Å²) in [5.41, 5.74) is 2.50. The van der Waals surface area contributed by atoms with Gasteiger partial charge in [0.15, 0.2) is 0 Å². The summed E-state index contributed by atoms with van der Waals surface area (Å²) >= 11 is 1.65. The number of aromatic nitrogens is 2. The van der Waals surface area contributed by atoms with E-state index in [0.717, 1.165) is 30.8 Å². The minimum Gasteiger partial charge on any atom is -0.349 e. The molecule has 0 unspecified atom stereocenters. The number of carbonyl (C=O) groups excluding carboxylic acids is 1. The average molecular weight is 425 g/mol. The van der Waals surface area contributed by atoms with Gasteiger partial charge in [0.1, 0.15) is 0 Å². The number of hydrogen-bond acceptors (Lipinski definition) is 4. The van der Waals surface area contributed by atoms with Gasteiger partial charge in [-0.05, 0) is 81.0 Å². The van der Waals surface area contributed by atoms with Gasteiger partial charge in [-0.15, -0.1) is 11.3 Å². The van der Waals surface area contributed by atoms with Crippen LogP contribution in [-0.2, 0) is 13.6 Å². The maximum Gasteiger partial charge on any atom is 0.261 e. The monoisotopic (exact) mass is 424 g/mol. The van der Waals surface area contributed by atoms with Crippen molar-refractivity contribution in [1.82, 2.24) is 20.4 Å². The van der Waals surface area contributed by atoms with Gasteiger partial charge < -0.3 is 10.6 Å². The molecule has 4 rings (SSSR count). The van der Waals surface area contributed by atoms with E-state index in [9.17, 15) is 4.79 Å². The highest BCUT2D eigenvalue weighted by Crippen LogP contribution is 2.43. The Morgan fingerprint density at radius 3 is 2.67 bits per heavy atom. The van der Waals surface area contributed by atoms with Crippen LogP contribution in [0.15, 0.2) is 36.5 Å². The topological polar surface area (TPSA) is 59.0 Å². The van der Waals surface area contributed by atoms with Crippen molar-refractivity contribution < 1.29 is 4.79 Å². The molecule has 0 atom stereocenters. The Bertz CT molecular complexity index is 998. The Labute approximate surface area is 182 Å². The molecule has 0 radical (unpaired) electrons. The first-order valence-corrected chi connectivity index (χ1v) is 11.8. The minimum absolute atomic E-state index is 0.0844. The molecule has 0 saturated heterocycles. The molecular weight excluding hydrogens is 392 g/mol. The van der Waals surface area contributed by atoms with Crippen molar-refractivity contribution >= 4 is 27.3 Å². The van der Waals surface area contributed by atoms with Gasteiger partial charge in [-0.25, -0.2) is 0 Å². The Hall–Kier alpha value is -2.18. The van der Waals surface area contributed by atoms with E-state index in [1.165, 1.54) is 34.2 Å². The number of aryl methyl sites for hydroxylation is 1. The van der Waals surface area contributed by atoms with E-state index in [0.29, 0.717) is 11.8 Å². The van der Waals surface area contributed by atoms with E-state index in [2.05, 4.69) is 46.1 Å². The lowest BCUT2D eigenvalue weighted by atomic mass is 9.77. The first kappa shape index (κ1) is 21.1. The van der Waals surface area contributed by atoms with Gasteiger partial charge in [0.25, 0.3) is 5.91 Å². The molecular formula is C24H32N4OS. The summed E-state index contributed by atoms with van der Waals surface area (Å²) < 4.78 is 3.15. The molecule has 3 aromatic rings. The highest BCUT2D eigenvalue weighted by Gasteiger charge is 2.29. The van der Waals surface area contributed by atoms with Crippen molar-refractivity contribution in [2.24, 2.45) is 13.0 Å². The number of carbonyl (C=O) groups is 1. The molecule has 0 spiro atoms. The van der Waals surface area contributed by atoms with Crippen LogP contribution < -0.4 is 10.6 Å². The van der Waals surface area contributed by atoms with E-state index in [1.54, 1.807) is 11.3 Å². The standard InChI is InChI=1S/C24H32N4OS/c1-16(2)27-24(29)23-22(20-6-4-5-7-21(20)30-23)18-10-8-17(9-11-18)14-25-15-19-12-13-26-28(19)3/h4-7,12-13,16-18,25H,8-11,14-15H2,1-3H3,(H,27,29). The van der Waals surface area contributed by atoms with E-state index in [1.807, 2.05) is 31.8 Å². The van der Waals surface area contributed by atoms with Crippen molar-refractivity contribution in [2.45, 2.75) is 58.0 Å². The van der Waals surface area contributed by atoms with E-state index < -0.39 is 0 Å². The van der Waals surface area contributed by atoms with Crippen molar-refractivity contribution in [3.05, 3.63) is 52.7 Å². The second kappa shape index (κ2) is 9.31. The van der Waals surface area contributed by atoms with Crippen molar-refractivity contribution in [3.8, 4) is 0 Å². The van der Waals surface area contributed by atoms with Crippen molar-refractivity contribution in [2.75, 3.05) is 6.54 Å². The van der Waals surface area contributed by atoms with Gasteiger partial charge in [0, 0.05) is 30.5 Å². The molecule has 160 valence electrons. The van der Waals surface area contributed by atoms with Gasteiger partial charge in [-0.1, -0.05) is 18.2 Å². The number of benzene rings is 1. The maximum atomic E-state index is 12.9. The summed E-state index contributed by atoms with van der Waals surface area (Å²) in [5, 5.41) is 12.2. The molecule has 1 aromatic carbocycles. The fourth-order valence-corrected chi connectivity index (χ4v) is 5.79. The van der Waals surface area contributed by atoms with Crippen molar-refractivity contribution in [1.29, 1.82) is 0 Å². The van der Waals surface area contributed by atoms with Crippen LogP contribution in [0.25, 0.3) is 10.1 Å². The first-order chi connectivity index (χ1) is 14.5. The molecule has 2 heterocycles. The minimum atomic E-state index is 0.0844. The molecule has 0 bridgehead atoms. The smallest absolute Gasteiger partial charge is 0.261 e. The predicted octanol–water partition coefficient (Wildman–Crippen LogP) is 4.84. The van der Waals surface area contributed by atoms with E-state index in [4.69, 9.17) is 0 Å². The summed E-state index contributed by atoms with van der Waals surface area (Å²) in [6.45, 7) is 5.96. The van der Waals surface area contributed by atoms with Crippen LogP contribution in [0.5, 0.6) is 0 Å². The zero-order chi connectivity index (χ0) is 21.1. The first-order valence-electron chi connectivity index (χ1n) is 11.0. The number of nitrogens with zero attached hydrogens (tertiary/aromatic N) is 2. The molecule has 30 heavy (non-hydrogen) atoms. The Morgan fingerprint density at radius 2 is 1.97 bits per heavy atom. The number of hydrogen-bond donors (Lipinski definition) is 2. The van der Waals surface area contributed by atoms with Crippen LogP contribution >= 0.6 is 11.3 Å². The lowest BCUT2D eigenvalue weighted by Crippen LogP contribution is -2.31. The molecule has 1 saturated carbocycles. The van der Waals surface area contributed by atoms with Crippen LogP contribution in [0.2, 0.25) is 0 Å². The number of nitrogens with one attached hydrogen (secondary N) is 2. The molecule has 5 nitrogen and oxygen atoms in total. The zero-order valence-corrected chi connectivity index (χ0v) is 19.0. The van der Waals surface area contributed by atoms with Gasteiger partial charge in [0.2, 0.25) is 0 Å². The van der Waals surface area contributed by atoms with Gasteiger partial charge in [-0.2, -0.15) is 5.10 Å². The quantitative estimate of drug-likeness (QED) is 0.571. The second-order valence-electron chi connectivity index (χ2n) is 8.76. The van der Waals surface area contributed by atoms with Crippen LogP contribution in [0.1, 0.15) is 66.4 Å². The van der Waals surface area contributed by atoms with Gasteiger partial charge >= 0.3 is 0 Å². The average Bonchev–Trinajstić information content (AvgIpc) is 3.32. The largest absolute Gasteiger partial charge is 0.349 e. The van der Waals surface area contributed by atoms with Gasteiger partial charge in [0.05, 0.1) is 10.6 Å². The lowest BCUT2D eigenvalue weighted by molar-refractivity contribution is 0.0945.